The zero-order valence-electron chi connectivity index (χ0n) is 15.3. The van der Waals surface area contributed by atoms with E-state index in [-0.39, 0.29) is 17.0 Å². The number of rotatable bonds is 2. The lowest BCUT2D eigenvalue weighted by molar-refractivity contribution is 0.358. The van der Waals surface area contributed by atoms with Crippen molar-refractivity contribution in [1.82, 2.24) is 4.57 Å². The van der Waals surface area contributed by atoms with Crippen molar-refractivity contribution < 1.29 is 4.74 Å². The maximum atomic E-state index is 10.0. The summed E-state index contributed by atoms with van der Waals surface area (Å²) in [7, 11) is 1.91. The maximum Gasteiger partial charge on any atom is 0.205 e. The Morgan fingerprint density at radius 2 is 1.79 bits per heavy atom. The van der Waals surface area contributed by atoms with Gasteiger partial charge in [0.05, 0.1) is 17.6 Å². The van der Waals surface area contributed by atoms with Crippen molar-refractivity contribution >= 4 is 39.9 Å². The number of aromatic nitrogens is 1. The molecule has 3 aromatic rings. The van der Waals surface area contributed by atoms with Crippen molar-refractivity contribution in [3.05, 3.63) is 86.9 Å². The van der Waals surface area contributed by atoms with Gasteiger partial charge in [-0.3, -0.25) is 0 Å². The van der Waals surface area contributed by atoms with Crippen LogP contribution in [0, 0.1) is 22.7 Å². The minimum Gasteiger partial charge on any atom is -0.439 e. The molecule has 142 valence electrons. The molecule has 0 bridgehead atoms. The number of para-hydroxylation sites is 1. The number of nitrogens with zero attached hydrogens (tertiary/aromatic N) is 3. The van der Waals surface area contributed by atoms with E-state index >= 15 is 0 Å². The van der Waals surface area contributed by atoms with Crippen LogP contribution in [0.1, 0.15) is 17.0 Å². The molecular formula is C22H14Cl2N4O. The first-order valence-electron chi connectivity index (χ1n) is 8.67. The fraction of sp³-hybridized carbons (Fsp3) is 0.0909. The Hall–Kier alpha value is -3.38. The van der Waals surface area contributed by atoms with E-state index in [4.69, 9.17) is 33.7 Å². The second kappa shape index (κ2) is 7.22. The van der Waals surface area contributed by atoms with Crippen molar-refractivity contribution in [1.29, 1.82) is 10.5 Å². The van der Waals surface area contributed by atoms with Gasteiger partial charge in [0.15, 0.2) is 5.76 Å². The van der Waals surface area contributed by atoms with Gasteiger partial charge in [-0.25, -0.2) is 0 Å². The Morgan fingerprint density at radius 1 is 1.07 bits per heavy atom. The molecule has 0 saturated heterocycles. The number of nitriles is 2. The van der Waals surface area contributed by atoms with E-state index in [1.54, 1.807) is 18.2 Å². The molecule has 7 heteroatoms. The largest absolute Gasteiger partial charge is 0.439 e. The van der Waals surface area contributed by atoms with E-state index in [1.165, 1.54) is 0 Å². The van der Waals surface area contributed by atoms with Crippen LogP contribution in [0.15, 0.2) is 65.7 Å². The summed E-state index contributed by atoms with van der Waals surface area (Å²) >= 11 is 12.4. The number of benzene rings is 2. The van der Waals surface area contributed by atoms with Crippen molar-refractivity contribution in [2.75, 3.05) is 0 Å². The van der Waals surface area contributed by atoms with E-state index in [1.807, 2.05) is 42.1 Å². The number of allylic oxidation sites excluding steroid dienone is 2. The first-order chi connectivity index (χ1) is 14.0. The summed E-state index contributed by atoms with van der Waals surface area (Å²) in [5.41, 5.74) is 8.76. The summed E-state index contributed by atoms with van der Waals surface area (Å²) in [6, 6.07) is 17.0. The molecule has 0 saturated carbocycles. The van der Waals surface area contributed by atoms with E-state index < -0.39 is 5.92 Å². The maximum absolute atomic E-state index is 10.0. The van der Waals surface area contributed by atoms with E-state index in [0.717, 1.165) is 16.5 Å². The number of hydrogen-bond donors (Lipinski definition) is 1. The van der Waals surface area contributed by atoms with Crippen molar-refractivity contribution in [2.24, 2.45) is 12.8 Å². The lowest BCUT2D eigenvalue weighted by Gasteiger charge is -2.26. The minimum atomic E-state index is -0.752. The Balaban J connectivity index is 2.02. The summed E-state index contributed by atoms with van der Waals surface area (Å²) in [4.78, 5) is 0. The number of fused-ring (bicyclic) bond motifs is 1. The first-order valence-corrected chi connectivity index (χ1v) is 9.43. The van der Waals surface area contributed by atoms with Gasteiger partial charge in [-0.1, -0.05) is 47.5 Å². The van der Waals surface area contributed by atoms with Crippen molar-refractivity contribution in [3.8, 4) is 12.1 Å². The first kappa shape index (κ1) is 19.0. The molecule has 2 aromatic carbocycles. The highest BCUT2D eigenvalue weighted by Crippen LogP contribution is 2.45. The molecule has 2 N–H and O–H groups in total. The molecule has 1 unspecified atom stereocenters. The number of aryl methyl sites for hydroxylation is 1. The van der Waals surface area contributed by atoms with Gasteiger partial charge in [0, 0.05) is 39.8 Å². The van der Waals surface area contributed by atoms with Crippen molar-refractivity contribution in [2.45, 2.75) is 5.92 Å². The molecule has 1 aromatic heterocycles. The monoisotopic (exact) mass is 420 g/mol. The van der Waals surface area contributed by atoms with Gasteiger partial charge in [0.25, 0.3) is 0 Å². The molecule has 4 rings (SSSR count). The molecule has 0 radical (unpaired) electrons. The van der Waals surface area contributed by atoms with Gasteiger partial charge < -0.3 is 15.0 Å². The molecule has 0 amide bonds. The Kier molecular flexibility index (Phi) is 4.72. The van der Waals surface area contributed by atoms with Gasteiger partial charge in [0.2, 0.25) is 5.88 Å². The topological polar surface area (TPSA) is 87.8 Å². The molecule has 1 aliphatic rings. The van der Waals surface area contributed by atoms with Crippen LogP contribution in [0.4, 0.5) is 0 Å². The van der Waals surface area contributed by atoms with Gasteiger partial charge in [-0.15, -0.1) is 0 Å². The predicted molar refractivity (Wildman–Crippen MR) is 113 cm³/mol. The molecule has 1 atom stereocenters. The third kappa shape index (κ3) is 3.02. The third-order valence-corrected chi connectivity index (χ3v) is 5.52. The molecule has 0 spiro atoms. The zero-order chi connectivity index (χ0) is 20.7. The van der Waals surface area contributed by atoms with E-state index in [2.05, 4.69) is 12.1 Å². The third-order valence-electron chi connectivity index (χ3n) is 4.96. The Labute approximate surface area is 177 Å². The van der Waals surface area contributed by atoms with Gasteiger partial charge in [-0.05, 0) is 23.8 Å². The van der Waals surface area contributed by atoms with Gasteiger partial charge >= 0.3 is 0 Å². The lowest BCUT2D eigenvalue weighted by atomic mass is 9.82. The van der Waals surface area contributed by atoms with Gasteiger partial charge in [-0.2, -0.15) is 10.5 Å². The minimum absolute atomic E-state index is 0.0505. The molecule has 1 aliphatic heterocycles. The summed E-state index contributed by atoms with van der Waals surface area (Å²) in [5, 5.41) is 21.5. The average molecular weight is 421 g/mol. The van der Waals surface area contributed by atoms with E-state index in [9.17, 15) is 10.5 Å². The number of hydrogen-bond acceptors (Lipinski definition) is 4. The summed E-state index contributed by atoms with van der Waals surface area (Å²) < 4.78 is 7.77. The molecule has 0 aliphatic carbocycles. The van der Waals surface area contributed by atoms with Crippen LogP contribution in [0.25, 0.3) is 16.7 Å². The second-order valence-electron chi connectivity index (χ2n) is 6.62. The Morgan fingerprint density at radius 3 is 2.48 bits per heavy atom. The number of ether oxygens (including phenoxy) is 1. The van der Waals surface area contributed by atoms with Crippen LogP contribution < -0.4 is 5.73 Å². The van der Waals surface area contributed by atoms with Crippen LogP contribution in [-0.4, -0.2) is 4.57 Å². The number of nitrogens with two attached hydrogens (primary N) is 1. The molecule has 0 fully saturated rings. The highest BCUT2D eigenvalue weighted by atomic mass is 35.5. The molecule has 2 heterocycles. The zero-order valence-corrected chi connectivity index (χ0v) is 16.8. The molecule has 5 nitrogen and oxygen atoms in total. The fourth-order valence-electron chi connectivity index (χ4n) is 3.64. The Bertz CT molecular complexity index is 1300. The summed E-state index contributed by atoms with van der Waals surface area (Å²) in [5.74, 6) is -0.486. The van der Waals surface area contributed by atoms with Crippen LogP contribution in [0.3, 0.4) is 0 Å². The van der Waals surface area contributed by atoms with Crippen LogP contribution in [-0.2, 0) is 11.8 Å². The highest BCUT2D eigenvalue weighted by molar-refractivity contribution is 6.35. The van der Waals surface area contributed by atoms with E-state index in [0.29, 0.717) is 21.4 Å². The average Bonchev–Trinajstić information content (AvgIpc) is 3.04. The quantitative estimate of drug-likeness (QED) is 0.614. The summed E-state index contributed by atoms with van der Waals surface area (Å²) in [6.45, 7) is 0. The predicted octanol–water partition coefficient (Wildman–Crippen LogP) is 5.23. The standard InChI is InChI=1S/C22H14Cl2N4O/c1-28-11-17(13-4-2-3-5-19(13)28)21-15(9-25)20(16(10-26)22(27)29-21)14-7-6-12(23)8-18(14)24/h2-8,11,20H,27H2,1H3. The van der Waals surface area contributed by atoms with Crippen molar-refractivity contribution in [3.63, 3.8) is 0 Å². The number of halogens is 2. The second-order valence-corrected chi connectivity index (χ2v) is 7.46. The highest BCUT2D eigenvalue weighted by Gasteiger charge is 2.35. The van der Waals surface area contributed by atoms with Crippen LogP contribution in [0.5, 0.6) is 0 Å². The lowest BCUT2D eigenvalue weighted by Crippen LogP contribution is -2.20. The van der Waals surface area contributed by atoms with Crippen LogP contribution >= 0.6 is 23.2 Å². The summed E-state index contributed by atoms with van der Waals surface area (Å²) in [6.07, 6.45) is 1.88. The fourth-order valence-corrected chi connectivity index (χ4v) is 4.16. The van der Waals surface area contributed by atoms with Gasteiger partial charge in [0.1, 0.15) is 11.6 Å². The smallest absolute Gasteiger partial charge is 0.205 e. The molecular weight excluding hydrogens is 407 g/mol. The normalized spacial score (nSPS) is 16.5. The SMILES string of the molecule is Cn1cc(C2=C(C#N)C(c3ccc(Cl)cc3Cl)C(C#N)=C(N)O2)c2ccccc21. The molecule has 29 heavy (non-hydrogen) atoms. The van der Waals surface area contributed by atoms with Crippen LogP contribution in [0.2, 0.25) is 10.0 Å².